The largest absolute Gasteiger partial charge is 0.349 e. The second kappa shape index (κ2) is 7.36. The SMILES string of the molecule is CCN(CC)c1ncc(CNCC(C)(C)SC)s1. The van der Waals surface area contributed by atoms with Gasteiger partial charge in [-0.05, 0) is 34.0 Å². The van der Waals surface area contributed by atoms with E-state index in [1.54, 1.807) is 11.3 Å². The van der Waals surface area contributed by atoms with E-state index in [1.165, 1.54) is 4.88 Å². The first-order valence-electron chi connectivity index (χ1n) is 6.48. The highest BCUT2D eigenvalue weighted by Crippen LogP contribution is 2.23. The fraction of sp³-hybridized carbons (Fsp3) is 0.769. The zero-order valence-electron chi connectivity index (χ0n) is 12.1. The van der Waals surface area contributed by atoms with Crippen LogP contribution >= 0.6 is 23.1 Å². The number of nitrogens with zero attached hydrogens (tertiary/aromatic N) is 2. The Hall–Kier alpha value is -0.260. The predicted molar refractivity (Wildman–Crippen MR) is 85.0 cm³/mol. The standard InChI is InChI=1S/C13H25N3S2/c1-6-16(7-2)12-15-9-11(18-12)8-14-10-13(3,4)17-5/h9,14H,6-8,10H2,1-5H3. The summed E-state index contributed by atoms with van der Waals surface area (Å²) in [5, 5.41) is 4.65. The lowest BCUT2D eigenvalue weighted by Crippen LogP contribution is -2.31. The van der Waals surface area contributed by atoms with Crippen LogP contribution in [0.2, 0.25) is 0 Å². The highest BCUT2D eigenvalue weighted by Gasteiger charge is 2.15. The van der Waals surface area contributed by atoms with Gasteiger partial charge >= 0.3 is 0 Å². The lowest BCUT2D eigenvalue weighted by Gasteiger charge is -2.22. The molecule has 0 fully saturated rings. The number of hydrogen-bond donors (Lipinski definition) is 1. The number of thiazole rings is 1. The summed E-state index contributed by atoms with van der Waals surface area (Å²) in [5.41, 5.74) is 0. The molecule has 1 aromatic heterocycles. The van der Waals surface area contributed by atoms with Gasteiger partial charge in [0, 0.05) is 42.0 Å². The maximum Gasteiger partial charge on any atom is 0.185 e. The molecule has 0 radical (unpaired) electrons. The van der Waals surface area contributed by atoms with E-state index in [0.29, 0.717) is 4.75 Å². The summed E-state index contributed by atoms with van der Waals surface area (Å²) in [5.74, 6) is 0. The monoisotopic (exact) mass is 287 g/mol. The minimum Gasteiger partial charge on any atom is -0.349 e. The van der Waals surface area contributed by atoms with Gasteiger partial charge in [0.05, 0.1) is 0 Å². The average molecular weight is 287 g/mol. The van der Waals surface area contributed by atoms with Crippen molar-refractivity contribution in [1.82, 2.24) is 10.3 Å². The van der Waals surface area contributed by atoms with E-state index in [4.69, 9.17) is 0 Å². The van der Waals surface area contributed by atoms with Gasteiger partial charge in [-0.3, -0.25) is 0 Å². The van der Waals surface area contributed by atoms with Crippen LogP contribution in [0.15, 0.2) is 6.20 Å². The quantitative estimate of drug-likeness (QED) is 0.794. The highest BCUT2D eigenvalue weighted by molar-refractivity contribution is 7.99. The zero-order valence-corrected chi connectivity index (χ0v) is 13.7. The van der Waals surface area contributed by atoms with Gasteiger partial charge in [-0.1, -0.05) is 0 Å². The van der Waals surface area contributed by atoms with Crippen molar-refractivity contribution in [3.05, 3.63) is 11.1 Å². The van der Waals surface area contributed by atoms with Crippen LogP contribution in [0.25, 0.3) is 0 Å². The van der Waals surface area contributed by atoms with Gasteiger partial charge in [-0.15, -0.1) is 11.3 Å². The minimum atomic E-state index is 0.298. The average Bonchev–Trinajstić information content (AvgIpc) is 2.79. The Balaban J connectivity index is 2.45. The van der Waals surface area contributed by atoms with Crippen molar-refractivity contribution in [1.29, 1.82) is 0 Å². The van der Waals surface area contributed by atoms with E-state index in [9.17, 15) is 0 Å². The maximum atomic E-state index is 4.49. The lowest BCUT2D eigenvalue weighted by molar-refractivity contribution is 0.594. The Morgan fingerprint density at radius 3 is 2.61 bits per heavy atom. The topological polar surface area (TPSA) is 28.2 Å². The summed E-state index contributed by atoms with van der Waals surface area (Å²) in [6.07, 6.45) is 4.16. The summed E-state index contributed by atoms with van der Waals surface area (Å²) in [4.78, 5) is 8.10. The second-order valence-electron chi connectivity index (χ2n) is 4.85. The van der Waals surface area contributed by atoms with Gasteiger partial charge in [0.15, 0.2) is 5.13 Å². The van der Waals surface area contributed by atoms with Crippen molar-refractivity contribution < 1.29 is 0 Å². The van der Waals surface area contributed by atoms with Crippen LogP contribution in [0, 0.1) is 0 Å². The van der Waals surface area contributed by atoms with E-state index < -0.39 is 0 Å². The van der Waals surface area contributed by atoms with Crippen LogP contribution in [0.4, 0.5) is 5.13 Å². The van der Waals surface area contributed by atoms with Crippen molar-refractivity contribution in [3.63, 3.8) is 0 Å². The summed E-state index contributed by atoms with van der Waals surface area (Å²) < 4.78 is 0.298. The molecule has 0 atom stereocenters. The number of anilines is 1. The number of hydrogen-bond acceptors (Lipinski definition) is 5. The second-order valence-corrected chi connectivity index (χ2v) is 7.46. The van der Waals surface area contributed by atoms with E-state index in [-0.39, 0.29) is 0 Å². The molecule has 3 nitrogen and oxygen atoms in total. The van der Waals surface area contributed by atoms with E-state index in [0.717, 1.165) is 31.3 Å². The van der Waals surface area contributed by atoms with Gasteiger partial charge < -0.3 is 10.2 Å². The molecule has 0 bridgehead atoms. The number of rotatable bonds is 8. The summed E-state index contributed by atoms with van der Waals surface area (Å²) in [6, 6.07) is 0. The predicted octanol–water partition coefficient (Wildman–Crippen LogP) is 3.22. The first-order valence-corrected chi connectivity index (χ1v) is 8.52. The fourth-order valence-corrected chi connectivity index (χ4v) is 2.83. The van der Waals surface area contributed by atoms with Gasteiger partial charge in [0.1, 0.15) is 0 Å². The molecule has 0 saturated heterocycles. The van der Waals surface area contributed by atoms with Gasteiger partial charge in [0.2, 0.25) is 0 Å². The number of nitrogens with one attached hydrogen (secondary N) is 1. The summed E-state index contributed by atoms with van der Waals surface area (Å²) in [6.45, 7) is 12.9. The van der Waals surface area contributed by atoms with Gasteiger partial charge in [-0.2, -0.15) is 11.8 Å². The molecule has 0 unspecified atom stereocenters. The molecule has 0 saturated carbocycles. The molecule has 104 valence electrons. The Morgan fingerprint density at radius 1 is 1.39 bits per heavy atom. The zero-order chi connectivity index (χ0) is 13.6. The van der Waals surface area contributed by atoms with Crippen molar-refractivity contribution in [2.24, 2.45) is 0 Å². The third-order valence-electron chi connectivity index (χ3n) is 2.98. The van der Waals surface area contributed by atoms with Crippen LogP contribution in [-0.4, -0.2) is 35.6 Å². The first-order chi connectivity index (χ1) is 8.52. The normalized spacial score (nSPS) is 11.8. The van der Waals surface area contributed by atoms with E-state index in [2.05, 4.69) is 49.2 Å². The van der Waals surface area contributed by atoms with Gasteiger partial charge in [-0.25, -0.2) is 4.98 Å². The minimum absolute atomic E-state index is 0.298. The Labute approximate surface area is 119 Å². The van der Waals surface area contributed by atoms with Crippen LogP contribution < -0.4 is 10.2 Å². The smallest absolute Gasteiger partial charge is 0.185 e. The van der Waals surface area contributed by atoms with Crippen molar-refractivity contribution in [2.45, 2.75) is 39.0 Å². The Morgan fingerprint density at radius 2 is 2.06 bits per heavy atom. The Kier molecular flexibility index (Phi) is 6.46. The summed E-state index contributed by atoms with van der Waals surface area (Å²) in [7, 11) is 0. The summed E-state index contributed by atoms with van der Waals surface area (Å²) >= 11 is 3.69. The molecular weight excluding hydrogens is 262 g/mol. The van der Waals surface area contributed by atoms with Crippen molar-refractivity contribution in [2.75, 3.05) is 30.8 Å². The van der Waals surface area contributed by atoms with Crippen LogP contribution in [0.1, 0.15) is 32.6 Å². The van der Waals surface area contributed by atoms with Crippen LogP contribution in [0.5, 0.6) is 0 Å². The Bertz CT molecular complexity index is 346. The lowest BCUT2D eigenvalue weighted by atomic mass is 10.2. The van der Waals surface area contributed by atoms with Crippen LogP contribution in [0.3, 0.4) is 0 Å². The first kappa shape index (κ1) is 15.8. The van der Waals surface area contributed by atoms with E-state index in [1.807, 2.05) is 18.0 Å². The molecule has 1 rings (SSSR count). The third-order valence-corrected chi connectivity index (χ3v) is 5.29. The molecule has 1 aromatic rings. The molecule has 0 aliphatic carbocycles. The van der Waals surface area contributed by atoms with Crippen LogP contribution in [-0.2, 0) is 6.54 Å². The molecular formula is C13H25N3S2. The molecule has 0 spiro atoms. The number of thioether (sulfide) groups is 1. The molecule has 0 aliphatic rings. The molecule has 0 aromatic carbocycles. The van der Waals surface area contributed by atoms with Crippen molar-refractivity contribution >= 4 is 28.2 Å². The number of aromatic nitrogens is 1. The molecule has 0 amide bonds. The van der Waals surface area contributed by atoms with Gasteiger partial charge in [0.25, 0.3) is 0 Å². The molecule has 1 heterocycles. The molecule has 1 N–H and O–H groups in total. The fourth-order valence-electron chi connectivity index (χ4n) is 1.58. The third kappa shape index (κ3) is 4.78. The molecule has 5 heteroatoms. The highest BCUT2D eigenvalue weighted by atomic mass is 32.2. The van der Waals surface area contributed by atoms with E-state index >= 15 is 0 Å². The maximum absolute atomic E-state index is 4.49. The molecule has 0 aliphatic heterocycles. The molecule has 18 heavy (non-hydrogen) atoms. The van der Waals surface area contributed by atoms with Crippen molar-refractivity contribution in [3.8, 4) is 0 Å².